The van der Waals surface area contributed by atoms with Gasteiger partial charge in [-0.15, -0.1) is 0 Å². The van der Waals surface area contributed by atoms with Gasteiger partial charge in [0.05, 0.1) is 6.10 Å². The molecule has 3 nitrogen and oxygen atoms in total. The summed E-state index contributed by atoms with van der Waals surface area (Å²) in [5.41, 5.74) is -0.494. The van der Waals surface area contributed by atoms with Crippen LogP contribution in [0.15, 0.2) is 0 Å². The second-order valence-corrected chi connectivity index (χ2v) is 20.6. The van der Waals surface area contributed by atoms with Crippen LogP contribution in [-0.4, -0.2) is 35.1 Å². The van der Waals surface area contributed by atoms with Gasteiger partial charge in [0, 0.05) is 12.0 Å². The normalized spacial score (nSPS) is 16.0. The molecular weight excluding hydrogens is 344 g/mol. The molecule has 5 heteroatoms. The molecule has 0 aliphatic heterocycles. The second-order valence-electron chi connectivity index (χ2n) is 11.0. The summed E-state index contributed by atoms with van der Waals surface area (Å²) in [4.78, 5) is 12.3. The largest absolute Gasteiger partial charge is 0.417 e. The Morgan fingerprint density at radius 1 is 0.840 bits per heavy atom. The van der Waals surface area contributed by atoms with Crippen LogP contribution in [-0.2, 0) is 13.6 Å². The summed E-state index contributed by atoms with van der Waals surface area (Å²) >= 11 is 0. The molecule has 0 N–H and O–H groups in total. The van der Waals surface area contributed by atoms with E-state index < -0.39 is 22.0 Å². The maximum atomic E-state index is 12.3. The van der Waals surface area contributed by atoms with E-state index in [4.69, 9.17) is 8.85 Å². The molecule has 1 unspecified atom stereocenters. The molecule has 0 radical (unpaired) electrons. The van der Waals surface area contributed by atoms with E-state index in [-0.39, 0.29) is 22.0 Å². The minimum absolute atomic E-state index is 0.101. The number of carbonyl (C=O) groups is 1. The molecule has 25 heavy (non-hydrogen) atoms. The molecule has 0 spiro atoms. The van der Waals surface area contributed by atoms with Gasteiger partial charge in [0.2, 0.25) is 0 Å². The maximum Gasteiger partial charge on any atom is 0.192 e. The molecule has 0 amide bonds. The Kier molecular flexibility index (Phi) is 7.96. The number of rotatable bonds is 8. The predicted octanol–water partition coefficient (Wildman–Crippen LogP) is 6.40. The Hall–Kier alpha value is 0.0238. The Balaban J connectivity index is 5.30. The molecule has 0 bridgehead atoms. The first-order valence-corrected chi connectivity index (χ1v) is 15.4. The van der Waals surface area contributed by atoms with Crippen molar-refractivity contribution in [1.29, 1.82) is 0 Å². The van der Waals surface area contributed by atoms with Gasteiger partial charge in [-0.25, -0.2) is 0 Å². The summed E-state index contributed by atoms with van der Waals surface area (Å²) in [7, 11) is -3.74. The molecule has 0 saturated heterocycles. The zero-order valence-corrected chi connectivity index (χ0v) is 21.2. The topological polar surface area (TPSA) is 35.5 Å². The van der Waals surface area contributed by atoms with E-state index in [1.54, 1.807) is 6.92 Å². The zero-order chi connectivity index (χ0) is 20.5. The molecule has 0 fully saturated rings. The molecular formula is C20H44O3Si2. The Bertz CT molecular complexity index is 455. The van der Waals surface area contributed by atoms with Crippen LogP contribution >= 0.6 is 0 Å². The summed E-state index contributed by atoms with van der Waals surface area (Å²) in [5.74, 6) is 0.184. The van der Waals surface area contributed by atoms with E-state index in [1.807, 2.05) is 13.8 Å². The minimum Gasteiger partial charge on any atom is -0.417 e. The molecule has 0 rings (SSSR count). The Morgan fingerprint density at radius 2 is 1.24 bits per heavy atom. The summed E-state index contributed by atoms with van der Waals surface area (Å²) in [5, 5.41) is 0.317. The molecule has 0 aromatic rings. The van der Waals surface area contributed by atoms with E-state index >= 15 is 0 Å². The van der Waals surface area contributed by atoms with Gasteiger partial charge < -0.3 is 8.85 Å². The van der Waals surface area contributed by atoms with E-state index in [9.17, 15) is 4.79 Å². The van der Waals surface area contributed by atoms with Crippen LogP contribution in [0.25, 0.3) is 0 Å². The van der Waals surface area contributed by atoms with Crippen molar-refractivity contribution in [2.75, 3.05) is 6.61 Å². The molecule has 0 aliphatic rings. The lowest BCUT2D eigenvalue weighted by Crippen LogP contribution is -2.50. The van der Waals surface area contributed by atoms with Crippen LogP contribution in [0.1, 0.15) is 68.7 Å². The van der Waals surface area contributed by atoms with Crippen molar-refractivity contribution in [3.05, 3.63) is 0 Å². The van der Waals surface area contributed by atoms with Gasteiger partial charge in [0.25, 0.3) is 0 Å². The van der Waals surface area contributed by atoms with E-state index in [2.05, 4.69) is 67.7 Å². The molecule has 0 aromatic carbocycles. The molecule has 0 aromatic heterocycles. The second kappa shape index (κ2) is 7.95. The molecule has 0 saturated carbocycles. The van der Waals surface area contributed by atoms with Gasteiger partial charge in [-0.05, 0) is 49.6 Å². The smallest absolute Gasteiger partial charge is 0.192 e. The number of hydrogen-bond donors (Lipinski definition) is 0. The van der Waals surface area contributed by atoms with Crippen LogP contribution in [0, 0.1) is 5.41 Å². The van der Waals surface area contributed by atoms with Crippen molar-refractivity contribution < 1.29 is 13.6 Å². The third-order valence-electron chi connectivity index (χ3n) is 6.60. The van der Waals surface area contributed by atoms with Crippen molar-refractivity contribution in [1.82, 2.24) is 0 Å². The lowest BCUT2D eigenvalue weighted by molar-refractivity contribution is -0.130. The highest BCUT2D eigenvalue weighted by Gasteiger charge is 2.44. The Labute approximate surface area is 159 Å². The zero-order valence-electron chi connectivity index (χ0n) is 19.2. The van der Waals surface area contributed by atoms with Gasteiger partial charge in [0.15, 0.2) is 16.6 Å². The summed E-state index contributed by atoms with van der Waals surface area (Å²) in [6.45, 7) is 28.9. The van der Waals surface area contributed by atoms with Gasteiger partial charge in [-0.3, -0.25) is 4.79 Å². The van der Waals surface area contributed by atoms with Crippen molar-refractivity contribution in [2.24, 2.45) is 5.41 Å². The molecule has 0 heterocycles. The van der Waals surface area contributed by atoms with Gasteiger partial charge in [-0.2, -0.15) is 0 Å². The van der Waals surface area contributed by atoms with Crippen LogP contribution in [0.3, 0.4) is 0 Å². The minimum atomic E-state index is -1.95. The van der Waals surface area contributed by atoms with Gasteiger partial charge >= 0.3 is 0 Å². The van der Waals surface area contributed by atoms with Gasteiger partial charge in [0.1, 0.15) is 5.78 Å². The highest BCUT2D eigenvalue weighted by molar-refractivity contribution is 6.74. The maximum absolute atomic E-state index is 12.3. The fraction of sp³-hybridized carbons (Fsp3) is 0.950. The summed E-state index contributed by atoms with van der Waals surface area (Å²) in [6, 6.07) is 0. The molecule has 150 valence electrons. The highest BCUT2D eigenvalue weighted by atomic mass is 28.4. The quantitative estimate of drug-likeness (QED) is 0.451. The molecule has 1 atom stereocenters. The first kappa shape index (κ1) is 25.0. The van der Waals surface area contributed by atoms with Crippen LogP contribution < -0.4 is 0 Å². The van der Waals surface area contributed by atoms with Crippen LogP contribution in [0.2, 0.25) is 36.3 Å². The van der Waals surface area contributed by atoms with Crippen molar-refractivity contribution >= 4 is 22.4 Å². The number of ketones is 1. The Morgan fingerprint density at radius 3 is 1.56 bits per heavy atom. The lowest BCUT2D eigenvalue weighted by atomic mass is 9.81. The van der Waals surface area contributed by atoms with E-state index in [0.717, 1.165) is 6.42 Å². The number of carbonyl (C=O) groups excluding carboxylic acids is 1. The number of hydrogen-bond acceptors (Lipinski definition) is 3. The third kappa shape index (κ3) is 6.60. The van der Waals surface area contributed by atoms with E-state index in [0.29, 0.717) is 6.61 Å². The SMILES string of the molecule is CC(=O)C(C)(C)C(CCO[Si](C)(C)C(C)(C)C)O[Si](C)(C)C(C)(C)C. The average molecular weight is 389 g/mol. The summed E-state index contributed by atoms with van der Waals surface area (Å²) in [6.07, 6.45) is 0.668. The van der Waals surface area contributed by atoms with E-state index in [1.165, 1.54) is 0 Å². The van der Waals surface area contributed by atoms with Crippen LogP contribution in [0.5, 0.6) is 0 Å². The van der Waals surface area contributed by atoms with Gasteiger partial charge in [-0.1, -0.05) is 55.4 Å². The fourth-order valence-corrected chi connectivity index (χ4v) is 4.50. The fourth-order valence-electron chi connectivity index (χ4n) is 1.96. The standard InChI is InChI=1S/C20H44O3Si2/c1-16(21)20(8,9)17(23-25(12,13)19(5,6)7)14-15-22-24(10,11)18(2,3)4/h17H,14-15H2,1-13H3. The first-order chi connectivity index (χ1) is 10.8. The summed E-state index contributed by atoms with van der Waals surface area (Å²) < 4.78 is 13.0. The van der Waals surface area contributed by atoms with Crippen molar-refractivity contribution in [2.45, 2.75) is 111 Å². The lowest BCUT2D eigenvalue weighted by Gasteiger charge is -2.44. The predicted molar refractivity (Wildman–Crippen MR) is 114 cm³/mol. The average Bonchev–Trinajstić information content (AvgIpc) is 2.34. The van der Waals surface area contributed by atoms with Crippen molar-refractivity contribution in [3.63, 3.8) is 0 Å². The molecule has 0 aliphatic carbocycles. The first-order valence-electron chi connectivity index (χ1n) is 9.58. The number of Topliss-reactive ketones (excluding diaryl/α,β-unsaturated/α-hetero) is 1. The van der Waals surface area contributed by atoms with Crippen LogP contribution in [0.4, 0.5) is 0 Å². The monoisotopic (exact) mass is 388 g/mol. The third-order valence-corrected chi connectivity index (χ3v) is 15.6. The highest BCUT2D eigenvalue weighted by Crippen LogP contribution is 2.41. The van der Waals surface area contributed by atoms with Crippen molar-refractivity contribution in [3.8, 4) is 0 Å².